The van der Waals surface area contributed by atoms with E-state index in [1.54, 1.807) is 25.1 Å². The first-order chi connectivity index (χ1) is 16.2. The molecule has 34 heavy (non-hydrogen) atoms. The van der Waals surface area contributed by atoms with Crippen molar-refractivity contribution in [3.05, 3.63) is 75.6 Å². The van der Waals surface area contributed by atoms with Gasteiger partial charge in [0.05, 0.1) is 41.1 Å². The number of anilines is 2. The van der Waals surface area contributed by atoms with Crippen LogP contribution in [-0.4, -0.2) is 41.9 Å². The van der Waals surface area contributed by atoms with Crippen LogP contribution in [0.25, 0.3) is 0 Å². The molecule has 178 valence electrons. The third-order valence-corrected chi connectivity index (χ3v) is 6.10. The lowest BCUT2D eigenvalue weighted by atomic mass is 10.1. The molecule has 0 unspecified atom stereocenters. The number of rotatable bonds is 9. The summed E-state index contributed by atoms with van der Waals surface area (Å²) in [5, 5.41) is 35.0. The Kier molecular flexibility index (Phi) is 7.28. The van der Waals surface area contributed by atoms with Crippen LogP contribution in [0, 0.1) is 17.0 Å². The fraction of sp³-hybridized carbons (Fsp3) is 0.143. The Hall–Kier alpha value is -4.23. The summed E-state index contributed by atoms with van der Waals surface area (Å²) in [6.07, 6.45) is 2.54. The molecule has 4 N–H and O–H groups in total. The molecule has 3 rings (SSSR count). The molecule has 2 aromatic carbocycles. The van der Waals surface area contributed by atoms with Gasteiger partial charge in [0, 0.05) is 23.4 Å². The van der Waals surface area contributed by atoms with Gasteiger partial charge in [-0.3, -0.25) is 25.2 Å². The smallest absolute Gasteiger partial charge is 0.295 e. The number of nitrogens with one attached hydrogen (secondary N) is 2. The van der Waals surface area contributed by atoms with E-state index < -0.39 is 27.2 Å². The number of hydrogen-bond donors (Lipinski definition) is 4. The number of benzene rings is 2. The lowest BCUT2D eigenvalue weighted by Gasteiger charge is -2.12. The second-order valence-corrected chi connectivity index (χ2v) is 8.58. The van der Waals surface area contributed by atoms with Crippen molar-refractivity contribution in [3.8, 4) is 11.5 Å². The summed E-state index contributed by atoms with van der Waals surface area (Å²) < 4.78 is 33.1. The van der Waals surface area contributed by atoms with E-state index in [9.17, 15) is 28.7 Å². The maximum atomic E-state index is 12.8. The van der Waals surface area contributed by atoms with E-state index in [4.69, 9.17) is 4.74 Å². The molecule has 0 atom stereocenters. The van der Waals surface area contributed by atoms with Gasteiger partial charge in [0.1, 0.15) is 17.2 Å². The van der Waals surface area contributed by atoms with Crippen LogP contribution in [0.4, 0.5) is 17.1 Å². The number of hydrogen-bond acceptors (Lipinski definition) is 10. The molecule has 13 heteroatoms. The highest BCUT2D eigenvalue weighted by Crippen LogP contribution is 2.31. The highest BCUT2D eigenvalue weighted by Gasteiger charge is 2.22. The fourth-order valence-electron chi connectivity index (χ4n) is 2.95. The van der Waals surface area contributed by atoms with Crippen LogP contribution in [0.1, 0.15) is 16.8 Å². The summed E-state index contributed by atoms with van der Waals surface area (Å²) in [6, 6.07) is 9.59. The number of aryl methyl sites for hydroxylation is 1. The van der Waals surface area contributed by atoms with Crippen molar-refractivity contribution in [2.45, 2.75) is 18.4 Å². The molecule has 0 bridgehead atoms. The van der Waals surface area contributed by atoms with Gasteiger partial charge in [0.25, 0.3) is 15.7 Å². The van der Waals surface area contributed by atoms with Crippen LogP contribution < -0.4 is 14.9 Å². The first-order valence-electron chi connectivity index (χ1n) is 9.69. The topological polar surface area (TPSA) is 176 Å². The molecule has 0 spiro atoms. The number of nitro groups is 1. The second kappa shape index (κ2) is 10.1. The number of nitro benzene ring substituents is 1. The van der Waals surface area contributed by atoms with Gasteiger partial charge >= 0.3 is 0 Å². The summed E-state index contributed by atoms with van der Waals surface area (Å²) in [5.41, 5.74) is 2.80. The Morgan fingerprint density at radius 1 is 1.24 bits per heavy atom. The normalized spacial score (nSPS) is 11.4. The second-order valence-electron chi connectivity index (χ2n) is 6.90. The van der Waals surface area contributed by atoms with Gasteiger partial charge in [0.15, 0.2) is 0 Å². The third-order valence-electron chi connectivity index (χ3n) is 4.73. The third kappa shape index (κ3) is 5.22. The van der Waals surface area contributed by atoms with Gasteiger partial charge in [-0.2, -0.15) is 5.10 Å². The van der Waals surface area contributed by atoms with E-state index in [-0.39, 0.29) is 33.3 Å². The Labute approximate surface area is 194 Å². The molecule has 12 nitrogen and oxygen atoms in total. The highest BCUT2D eigenvalue weighted by atomic mass is 32.2. The van der Waals surface area contributed by atoms with Gasteiger partial charge in [0.2, 0.25) is 0 Å². The fourth-order valence-corrected chi connectivity index (χ4v) is 4.04. The maximum absolute atomic E-state index is 12.8. The summed E-state index contributed by atoms with van der Waals surface area (Å²) in [6.45, 7) is 1.15. The Morgan fingerprint density at radius 2 is 1.97 bits per heavy atom. The van der Waals surface area contributed by atoms with Crippen LogP contribution in [0.2, 0.25) is 0 Å². The number of sulfonamides is 1. The van der Waals surface area contributed by atoms with E-state index in [0.29, 0.717) is 11.3 Å². The number of ether oxygens (including phenoxy) is 1. The lowest BCUT2D eigenvalue weighted by molar-refractivity contribution is -0.384. The number of pyridine rings is 1. The van der Waals surface area contributed by atoms with Crippen molar-refractivity contribution in [2.24, 2.45) is 5.10 Å². The van der Waals surface area contributed by atoms with E-state index in [1.165, 1.54) is 37.7 Å². The number of nitrogens with zero attached hydrogens (tertiary/aromatic N) is 3. The number of aromatic hydroxyl groups is 1. The van der Waals surface area contributed by atoms with Crippen molar-refractivity contribution in [2.75, 3.05) is 17.3 Å². The van der Waals surface area contributed by atoms with Crippen LogP contribution >= 0.6 is 0 Å². The zero-order chi connectivity index (χ0) is 24.9. The number of hydrazone groups is 1. The lowest BCUT2D eigenvalue weighted by Crippen LogP contribution is -2.14. The molecule has 0 saturated carbocycles. The number of aromatic nitrogens is 1. The maximum Gasteiger partial charge on any atom is 0.295 e. The summed E-state index contributed by atoms with van der Waals surface area (Å²) in [5.74, 6) is 0.0838. The van der Waals surface area contributed by atoms with Crippen molar-refractivity contribution >= 4 is 33.3 Å². The molecule has 1 heterocycles. The van der Waals surface area contributed by atoms with E-state index in [2.05, 4.69) is 20.2 Å². The predicted octanol–water partition coefficient (Wildman–Crippen LogP) is 2.75. The molecule has 1 aromatic heterocycles. The zero-order valence-corrected chi connectivity index (χ0v) is 18.9. The summed E-state index contributed by atoms with van der Waals surface area (Å²) in [7, 11) is -2.79. The van der Waals surface area contributed by atoms with E-state index in [0.717, 1.165) is 6.07 Å². The van der Waals surface area contributed by atoms with Crippen molar-refractivity contribution in [3.63, 3.8) is 0 Å². The Morgan fingerprint density at radius 3 is 2.65 bits per heavy atom. The monoisotopic (exact) mass is 487 g/mol. The largest absolute Gasteiger partial charge is 0.505 e. The predicted molar refractivity (Wildman–Crippen MR) is 125 cm³/mol. The molecule has 0 aliphatic rings. The molecule has 0 aliphatic carbocycles. The van der Waals surface area contributed by atoms with Crippen molar-refractivity contribution in [1.82, 2.24) is 4.98 Å². The van der Waals surface area contributed by atoms with Crippen LogP contribution in [0.3, 0.4) is 0 Å². The minimum atomic E-state index is -4.17. The minimum Gasteiger partial charge on any atom is -0.505 e. The zero-order valence-electron chi connectivity index (χ0n) is 18.1. The average molecular weight is 487 g/mol. The van der Waals surface area contributed by atoms with Crippen LogP contribution in [0.5, 0.6) is 11.5 Å². The minimum absolute atomic E-state index is 0.0895. The van der Waals surface area contributed by atoms with Gasteiger partial charge in [-0.05, 0) is 31.2 Å². The molecule has 0 aliphatic heterocycles. The standard InChI is InChI=1S/C21H21N5O7S/c1-13-21(28)16(14(12-27)10-22-13)11-23-24-17-8-7-15(9-19(17)26(29)30)34(31,32)25-18-5-3-4-6-20(18)33-2/h3-11,24-25,27-28H,12H2,1-2H3/b23-11+. The van der Waals surface area contributed by atoms with Gasteiger partial charge < -0.3 is 14.9 Å². The van der Waals surface area contributed by atoms with E-state index in [1.807, 2.05) is 0 Å². The van der Waals surface area contributed by atoms with Crippen molar-refractivity contribution < 1.29 is 28.3 Å². The molecule has 0 fully saturated rings. The van der Waals surface area contributed by atoms with Gasteiger partial charge in [-0.1, -0.05) is 12.1 Å². The number of aliphatic hydroxyl groups excluding tert-OH is 1. The molecule has 3 aromatic rings. The molecular formula is C21H21N5O7S. The highest BCUT2D eigenvalue weighted by molar-refractivity contribution is 7.92. The first kappa shape index (κ1) is 24.4. The summed E-state index contributed by atoms with van der Waals surface area (Å²) >= 11 is 0. The average Bonchev–Trinajstić information content (AvgIpc) is 2.82. The number of para-hydroxylation sites is 2. The quantitative estimate of drug-likeness (QED) is 0.201. The Bertz CT molecular complexity index is 1360. The SMILES string of the molecule is COc1ccccc1NS(=O)(=O)c1ccc(N/N=C/c2c(CO)cnc(C)c2O)c([N+](=O)[O-])c1. The molecule has 0 amide bonds. The first-order valence-corrected chi connectivity index (χ1v) is 11.2. The van der Waals surface area contributed by atoms with E-state index >= 15 is 0 Å². The van der Waals surface area contributed by atoms with Crippen LogP contribution in [0.15, 0.2) is 58.7 Å². The molecule has 0 radical (unpaired) electrons. The number of aliphatic hydroxyl groups is 1. The Balaban J connectivity index is 1.90. The number of methoxy groups -OCH3 is 1. The molecular weight excluding hydrogens is 466 g/mol. The van der Waals surface area contributed by atoms with Gasteiger partial charge in [-0.15, -0.1) is 0 Å². The summed E-state index contributed by atoms with van der Waals surface area (Å²) in [4.78, 5) is 14.4. The molecule has 0 saturated heterocycles. The van der Waals surface area contributed by atoms with Crippen molar-refractivity contribution in [1.29, 1.82) is 0 Å². The van der Waals surface area contributed by atoms with Crippen LogP contribution in [-0.2, 0) is 16.6 Å². The van der Waals surface area contributed by atoms with Gasteiger partial charge in [-0.25, -0.2) is 8.42 Å².